The predicted octanol–water partition coefficient (Wildman–Crippen LogP) is 2.10. The van der Waals surface area contributed by atoms with Crippen LogP contribution in [0.1, 0.15) is 6.42 Å². The lowest BCUT2D eigenvalue weighted by Crippen LogP contribution is -2.16. The van der Waals surface area contributed by atoms with Gasteiger partial charge < -0.3 is 10.1 Å². The van der Waals surface area contributed by atoms with E-state index in [4.69, 9.17) is 4.74 Å². The molecule has 0 bridgehead atoms. The fourth-order valence-electron chi connectivity index (χ4n) is 1.56. The molecule has 0 radical (unpaired) electrons. The van der Waals surface area contributed by atoms with Crippen LogP contribution in [0.2, 0.25) is 0 Å². The van der Waals surface area contributed by atoms with E-state index in [1.54, 1.807) is 12.1 Å². The summed E-state index contributed by atoms with van der Waals surface area (Å²) in [5.74, 6) is 0.368. The van der Waals surface area contributed by atoms with Crippen LogP contribution in [0.5, 0.6) is 5.75 Å². The third-order valence-electron chi connectivity index (χ3n) is 2.44. The van der Waals surface area contributed by atoms with E-state index < -0.39 is 0 Å². The highest BCUT2D eigenvalue weighted by Gasteiger charge is 2.21. The summed E-state index contributed by atoms with van der Waals surface area (Å²) in [7, 11) is 0. The van der Waals surface area contributed by atoms with Crippen LogP contribution in [0.4, 0.5) is 4.39 Å². The Balaban J connectivity index is 1.89. The molecular weight excluding hydrogens is 277 g/mol. The molecule has 0 aliphatic carbocycles. The van der Waals surface area contributed by atoms with Crippen LogP contribution < -0.4 is 10.1 Å². The molecule has 1 aromatic carbocycles. The molecule has 1 heterocycles. The van der Waals surface area contributed by atoms with Crippen molar-refractivity contribution in [2.75, 3.05) is 13.2 Å². The van der Waals surface area contributed by atoms with Crippen molar-refractivity contribution >= 4 is 21.8 Å². The molecule has 1 amide bonds. The van der Waals surface area contributed by atoms with Gasteiger partial charge >= 0.3 is 0 Å². The number of hydrogen-bond donors (Lipinski definition) is 1. The molecule has 0 spiro atoms. The highest BCUT2D eigenvalue weighted by Crippen LogP contribution is 2.21. The minimum absolute atomic E-state index is 0.0515. The number of rotatable bonds is 3. The van der Waals surface area contributed by atoms with Crippen molar-refractivity contribution < 1.29 is 13.9 Å². The van der Waals surface area contributed by atoms with E-state index >= 15 is 0 Å². The average molecular weight is 288 g/mol. The van der Waals surface area contributed by atoms with Crippen molar-refractivity contribution in [3.8, 4) is 5.75 Å². The van der Waals surface area contributed by atoms with Crippen LogP contribution in [0.3, 0.4) is 0 Å². The van der Waals surface area contributed by atoms with Crippen LogP contribution in [0.25, 0.3) is 0 Å². The van der Waals surface area contributed by atoms with Crippen molar-refractivity contribution in [1.82, 2.24) is 5.32 Å². The maximum Gasteiger partial charge on any atom is 0.220 e. The Kier molecular flexibility index (Phi) is 3.43. The van der Waals surface area contributed by atoms with Gasteiger partial charge in [-0.15, -0.1) is 0 Å². The normalized spacial score (nSPS) is 19.6. The summed E-state index contributed by atoms with van der Waals surface area (Å²) < 4.78 is 19.0. The van der Waals surface area contributed by atoms with Gasteiger partial charge in [0.15, 0.2) is 0 Å². The van der Waals surface area contributed by atoms with Gasteiger partial charge in [0.25, 0.3) is 0 Å². The molecule has 1 saturated heterocycles. The van der Waals surface area contributed by atoms with Crippen LogP contribution in [-0.4, -0.2) is 19.1 Å². The van der Waals surface area contributed by atoms with Crippen LogP contribution in [-0.2, 0) is 4.79 Å². The van der Waals surface area contributed by atoms with Crippen molar-refractivity contribution in [2.45, 2.75) is 6.42 Å². The fraction of sp³-hybridized carbons (Fsp3) is 0.364. The highest BCUT2D eigenvalue weighted by atomic mass is 79.9. The van der Waals surface area contributed by atoms with Gasteiger partial charge in [0.2, 0.25) is 5.91 Å². The summed E-state index contributed by atoms with van der Waals surface area (Å²) in [5.41, 5.74) is 0. The lowest BCUT2D eigenvalue weighted by atomic mass is 10.1. The van der Waals surface area contributed by atoms with Crippen molar-refractivity contribution in [3.05, 3.63) is 28.5 Å². The molecule has 2 rings (SSSR count). The molecule has 86 valence electrons. The SMILES string of the molecule is O=C1CC(COc2ccc(Br)c(F)c2)CN1. The fourth-order valence-corrected chi connectivity index (χ4v) is 1.81. The second-order valence-corrected chi connectivity index (χ2v) is 4.62. The van der Waals surface area contributed by atoms with E-state index in [1.807, 2.05) is 0 Å². The van der Waals surface area contributed by atoms with Gasteiger partial charge in [0.05, 0.1) is 11.1 Å². The Hall–Kier alpha value is -1.10. The first-order valence-corrected chi connectivity index (χ1v) is 5.79. The molecule has 0 saturated carbocycles. The molecular formula is C11H11BrFNO2. The van der Waals surface area contributed by atoms with E-state index in [-0.39, 0.29) is 17.6 Å². The Bertz CT molecular complexity index is 411. The Labute approximate surface area is 101 Å². The van der Waals surface area contributed by atoms with Crippen molar-refractivity contribution in [2.24, 2.45) is 5.92 Å². The maximum atomic E-state index is 13.1. The van der Waals surface area contributed by atoms with Gasteiger partial charge in [-0.2, -0.15) is 0 Å². The smallest absolute Gasteiger partial charge is 0.220 e. The second kappa shape index (κ2) is 4.82. The molecule has 1 aromatic rings. The number of halogens is 2. The summed E-state index contributed by atoms with van der Waals surface area (Å²) in [6.07, 6.45) is 0.485. The summed E-state index contributed by atoms with van der Waals surface area (Å²) >= 11 is 3.07. The average Bonchev–Trinajstić information content (AvgIpc) is 2.66. The molecule has 1 aliphatic rings. The number of hydrogen-bond acceptors (Lipinski definition) is 2. The number of amides is 1. The summed E-state index contributed by atoms with van der Waals surface area (Å²) in [6.45, 7) is 1.07. The Morgan fingerprint density at radius 3 is 3.00 bits per heavy atom. The second-order valence-electron chi connectivity index (χ2n) is 3.76. The summed E-state index contributed by atoms with van der Waals surface area (Å²) in [5, 5.41) is 2.73. The molecule has 0 aromatic heterocycles. The number of benzene rings is 1. The lowest BCUT2D eigenvalue weighted by Gasteiger charge is -2.10. The van der Waals surface area contributed by atoms with Gasteiger partial charge in [0.1, 0.15) is 11.6 Å². The molecule has 1 atom stereocenters. The predicted molar refractivity (Wildman–Crippen MR) is 60.7 cm³/mol. The zero-order chi connectivity index (χ0) is 11.5. The molecule has 1 fully saturated rings. The Morgan fingerprint density at radius 2 is 2.38 bits per heavy atom. The van der Waals surface area contributed by atoms with E-state index in [2.05, 4.69) is 21.2 Å². The number of nitrogens with one attached hydrogen (secondary N) is 1. The van der Waals surface area contributed by atoms with Crippen LogP contribution in [0, 0.1) is 11.7 Å². The first-order valence-electron chi connectivity index (χ1n) is 4.99. The quantitative estimate of drug-likeness (QED) is 0.925. The Morgan fingerprint density at radius 1 is 1.56 bits per heavy atom. The molecule has 5 heteroatoms. The third kappa shape index (κ3) is 2.72. The van der Waals surface area contributed by atoms with Gasteiger partial charge in [0, 0.05) is 24.9 Å². The topological polar surface area (TPSA) is 38.3 Å². The largest absolute Gasteiger partial charge is 0.493 e. The van der Waals surface area contributed by atoms with Gasteiger partial charge in [-0.05, 0) is 28.1 Å². The van der Waals surface area contributed by atoms with E-state index in [9.17, 15) is 9.18 Å². The zero-order valence-corrected chi connectivity index (χ0v) is 10.1. The number of ether oxygens (including phenoxy) is 1. The summed E-state index contributed by atoms with van der Waals surface area (Å²) in [6, 6.07) is 4.62. The zero-order valence-electron chi connectivity index (χ0n) is 8.50. The summed E-state index contributed by atoms with van der Waals surface area (Å²) in [4.78, 5) is 10.9. The maximum absolute atomic E-state index is 13.1. The molecule has 3 nitrogen and oxygen atoms in total. The minimum Gasteiger partial charge on any atom is -0.493 e. The van der Waals surface area contributed by atoms with Crippen molar-refractivity contribution in [3.63, 3.8) is 0 Å². The van der Waals surface area contributed by atoms with Crippen molar-refractivity contribution in [1.29, 1.82) is 0 Å². The highest BCUT2D eigenvalue weighted by molar-refractivity contribution is 9.10. The lowest BCUT2D eigenvalue weighted by molar-refractivity contribution is -0.119. The van der Waals surface area contributed by atoms with E-state index in [0.717, 1.165) is 0 Å². The van der Waals surface area contributed by atoms with Crippen LogP contribution >= 0.6 is 15.9 Å². The molecule has 16 heavy (non-hydrogen) atoms. The van der Waals surface area contributed by atoms with Gasteiger partial charge in [-0.1, -0.05) is 0 Å². The molecule has 1 unspecified atom stereocenters. The van der Waals surface area contributed by atoms with E-state index in [0.29, 0.717) is 29.8 Å². The monoisotopic (exact) mass is 287 g/mol. The molecule has 1 aliphatic heterocycles. The first-order chi connectivity index (χ1) is 7.65. The number of carbonyl (C=O) groups excluding carboxylic acids is 1. The van der Waals surface area contributed by atoms with Gasteiger partial charge in [-0.3, -0.25) is 4.79 Å². The molecule has 1 N–H and O–H groups in total. The minimum atomic E-state index is -0.349. The number of carbonyl (C=O) groups is 1. The van der Waals surface area contributed by atoms with Crippen LogP contribution in [0.15, 0.2) is 22.7 Å². The third-order valence-corrected chi connectivity index (χ3v) is 3.08. The van der Waals surface area contributed by atoms with E-state index in [1.165, 1.54) is 6.07 Å². The first kappa shape index (κ1) is 11.4. The van der Waals surface area contributed by atoms with Gasteiger partial charge in [-0.25, -0.2) is 4.39 Å². The standard InChI is InChI=1S/C11H11BrFNO2/c12-9-2-1-8(4-10(9)13)16-6-7-3-11(15)14-5-7/h1-2,4,7H,3,5-6H2,(H,14,15).